The Morgan fingerprint density at radius 2 is 1.62 bits per heavy atom. The van der Waals surface area contributed by atoms with E-state index in [4.69, 9.17) is 11.6 Å². The van der Waals surface area contributed by atoms with Crippen LogP contribution in [0.5, 0.6) is 0 Å². The molecule has 0 saturated heterocycles. The maximum atomic E-state index is 6.48. The average Bonchev–Trinajstić information content (AvgIpc) is 3.54. The lowest BCUT2D eigenvalue weighted by Crippen LogP contribution is -2.33. The van der Waals surface area contributed by atoms with Gasteiger partial charge in [-0.05, 0) is 85.3 Å². The Balaban J connectivity index is 1.96. The van der Waals surface area contributed by atoms with Crippen molar-refractivity contribution in [1.82, 2.24) is 4.90 Å². The number of nitrogens with zero attached hydrogens (tertiary/aromatic N) is 1. The van der Waals surface area contributed by atoms with Crippen LogP contribution in [0.4, 0.5) is 0 Å². The number of hydrogen-bond donors (Lipinski definition) is 0. The molecule has 2 aromatic carbocycles. The number of rotatable bonds is 18. The van der Waals surface area contributed by atoms with Crippen molar-refractivity contribution >= 4 is 17.2 Å². The van der Waals surface area contributed by atoms with Crippen LogP contribution in [0.3, 0.4) is 0 Å². The molecule has 0 fully saturated rings. The van der Waals surface area contributed by atoms with E-state index in [1.165, 1.54) is 72.9 Å². The van der Waals surface area contributed by atoms with E-state index in [2.05, 4.69) is 120 Å². The molecule has 1 aliphatic rings. The van der Waals surface area contributed by atoms with E-state index in [-0.39, 0.29) is 6.04 Å². The third-order valence-corrected chi connectivity index (χ3v) is 10.1. The van der Waals surface area contributed by atoms with Gasteiger partial charge in [-0.2, -0.15) is 0 Å². The highest BCUT2D eigenvalue weighted by molar-refractivity contribution is 6.30. The number of unbranched alkanes of at least 4 members (excludes halogenated alkanes) is 1. The van der Waals surface area contributed by atoms with Crippen molar-refractivity contribution < 1.29 is 0 Å². The van der Waals surface area contributed by atoms with E-state index in [0.717, 1.165) is 36.2 Å². The summed E-state index contributed by atoms with van der Waals surface area (Å²) < 4.78 is 0. The van der Waals surface area contributed by atoms with Crippen molar-refractivity contribution in [3.63, 3.8) is 0 Å². The third-order valence-electron chi connectivity index (χ3n) is 9.83. The van der Waals surface area contributed by atoms with E-state index in [0.29, 0.717) is 11.8 Å². The van der Waals surface area contributed by atoms with Crippen LogP contribution in [-0.4, -0.2) is 11.4 Å². The summed E-state index contributed by atoms with van der Waals surface area (Å²) in [4.78, 5) is 2.66. The fraction of sp³-hybridized carbons (Fsp3) is 0.550. The normalized spacial score (nSPS) is 17.0. The van der Waals surface area contributed by atoms with Crippen molar-refractivity contribution in [3.05, 3.63) is 100 Å². The van der Waals surface area contributed by atoms with Crippen LogP contribution in [0.15, 0.2) is 78.5 Å². The molecule has 0 saturated carbocycles. The summed E-state index contributed by atoms with van der Waals surface area (Å²) in [5.74, 6) is 2.68. The van der Waals surface area contributed by atoms with Gasteiger partial charge in [-0.15, -0.1) is 0 Å². The molecule has 230 valence electrons. The van der Waals surface area contributed by atoms with Gasteiger partial charge in [0, 0.05) is 23.2 Å². The summed E-state index contributed by atoms with van der Waals surface area (Å²) in [6.07, 6.45) is 20.3. The monoisotopic (exact) mass is 587 g/mol. The highest BCUT2D eigenvalue weighted by atomic mass is 35.5. The van der Waals surface area contributed by atoms with Crippen molar-refractivity contribution in [2.75, 3.05) is 6.54 Å². The minimum atomic E-state index is 0.248. The molecule has 0 bridgehead atoms. The van der Waals surface area contributed by atoms with Crippen LogP contribution < -0.4 is 0 Å². The van der Waals surface area contributed by atoms with Crippen molar-refractivity contribution in [2.45, 2.75) is 118 Å². The molecule has 42 heavy (non-hydrogen) atoms. The van der Waals surface area contributed by atoms with Gasteiger partial charge in [0.15, 0.2) is 0 Å². The zero-order valence-corrected chi connectivity index (χ0v) is 28.5. The average molecular weight is 588 g/mol. The third kappa shape index (κ3) is 9.90. The van der Waals surface area contributed by atoms with Gasteiger partial charge in [0.1, 0.15) is 0 Å². The van der Waals surface area contributed by atoms with Gasteiger partial charge in [-0.25, -0.2) is 0 Å². The maximum Gasteiger partial charge on any atom is 0.0511 e. The molecule has 0 N–H and O–H groups in total. The predicted molar refractivity (Wildman–Crippen MR) is 187 cm³/mol. The van der Waals surface area contributed by atoms with Crippen LogP contribution in [0, 0.1) is 17.8 Å². The Hall–Kier alpha value is -2.25. The van der Waals surface area contributed by atoms with Crippen LogP contribution in [-0.2, 0) is 0 Å². The summed E-state index contributed by atoms with van der Waals surface area (Å²) in [6, 6.07) is 18.3. The SMILES string of the molecule is CC/C=C(\C)N(CC(c1ccc(C2=CC=CC2)cc1)C(CCC)CCC(C)C(C)CCCC)C(C)c1cccc(Cl)c1. The highest BCUT2D eigenvalue weighted by Crippen LogP contribution is 2.39. The smallest absolute Gasteiger partial charge is 0.0511 e. The van der Waals surface area contributed by atoms with E-state index in [9.17, 15) is 0 Å². The second kappa shape index (κ2) is 17.8. The fourth-order valence-electron chi connectivity index (χ4n) is 6.80. The van der Waals surface area contributed by atoms with Gasteiger partial charge < -0.3 is 4.90 Å². The lowest BCUT2D eigenvalue weighted by atomic mass is 9.76. The standard InChI is InChI=1S/C40H58ClN/c1-8-11-17-30(4)31(5)22-23-36(16-10-3)40(37-26-24-35(25-27-37)34-18-12-13-19-34)29-42(32(6)15-9-2)33(7)38-20-14-21-39(41)28-38/h12-15,18,20-21,24-28,30-31,33,36,40H,8-11,16-17,19,22-23,29H2,1-7H3/b32-15+. The Kier molecular flexibility index (Phi) is 14.5. The second-order valence-electron chi connectivity index (χ2n) is 12.9. The number of allylic oxidation sites excluding steroid dienone is 6. The zero-order chi connectivity index (χ0) is 30.5. The number of hydrogen-bond acceptors (Lipinski definition) is 1. The first-order valence-electron chi connectivity index (χ1n) is 16.9. The molecule has 0 aliphatic heterocycles. The van der Waals surface area contributed by atoms with Gasteiger partial charge >= 0.3 is 0 Å². The van der Waals surface area contributed by atoms with Crippen molar-refractivity contribution in [3.8, 4) is 0 Å². The lowest BCUT2D eigenvalue weighted by Gasteiger charge is -2.39. The largest absolute Gasteiger partial charge is 0.368 e. The molecule has 3 rings (SSSR count). The molecule has 0 aromatic heterocycles. The van der Waals surface area contributed by atoms with Crippen LogP contribution in [0.25, 0.3) is 5.57 Å². The Labute approximate surface area is 264 Å². The van der Waals surface area contributed by atoms with Gasteiger partial charge in [0.25, 0.3) is 0 Å². The van der Waals surface area contributed by atoms with Gasteiger partial charge in [-0.3, -0.25) is 0 Å². The topological polar surface area (TPSA) is 3.24 Å². The molecule has 0 amide bonds. The first-order chi connectivity index (χ1) is 20.3. The van der Waals surface area contributed by atoms with Crippen molar-refractivity contribution in [1.29, 1.82) is 0 Å². The predicted octanol–water partition coefficient (Wildman–Crippen LogP) is 12.8. The van der Waals surface area contributed by atoms with E-state index >= 15 is 0 Å². The molecule has 0 spiro atoms. The van der Waals surface area contributed by atoms with Crippen molar-refractivity contribution in [2.24, 2.45) is 17.8 Å². The fourth-order valence-corrected chi connectivity index (χ4v) is 7.00. The highest BCUT2D eigenvalue weighted by Gasteiger charge is 2.29. The first-order valence-corrected chi connectivity index (χ1v) is 17.3. The summed E-state index contributed by atoms with van der Waals surface area (Å²) in [6.45, 7) is 17.6. The minimum absolute atomic E-state index is 0.248. The van der Waals surface area contributed by atoms with E-state index < -0.39 is 0 Å². The molecule has 1 aliphatic carbocycles. The van der Waals surface area contributed by atoms with Crippen LogP contribution in [0.1, 0.15) is 135 Å². The molecule has 2 aromatic rings. The number of benzene rings is 2. The van der Waals surface area contributed by atoms with E-state index in [1.807, 2.05) is 6.07 Å². The maximum absolute atomic E-state index is 6.48. The molecule has 5 atom stereocenters. The van der Waals surface area contributed by atoms with Gasteiger partial charge in [0.2, 0.25) is 0 Å². The second-order valence-corrected chi connectivity index (χ2v) is 13.3. The van der Waals surface area contributed by atoms with Gasteiger partial charge in [-0.1, -0.05) is 145 Å². The molecule has 0 heterocycles. The van der Waals surface area contributed by atoms with Gasteiger partial charge in [0.05, 0.1) is 6.04 Å². The summed E-state index contributed by atoms with van der Waals surface area (Å²) in [5, 5.41) is 0.814. The number of halogens is 1. The summed E-state index contributed by atoms with van der Waals surface area (Å²) in [5.41, 5.74) is 6.93. The molecule has 1 nitrogen and oxygen atoms in total. The van der Waals surface area contributed by atoms with Crippen LogP contribution in [0.2, 0.25) is 5.02 Å². The minimum Gasteiger partial charge on any atom is -0.368 e. The molecule has 2 heteroatoms. The molecule has 0 radical (unpaired) electrons. The lowest BCUT2D eigenvalue weighted by molar-refractivity contribution is 0.205. The summed E-state index contributed by atoms with van der Waals surface area (Å²) in [7, 11) is 0. The first kappa shape index (κ1) is 34.2. The molecular formula is C40H58ClN. The Morgan fingerprint density at radius 1 is 0.881 bits per heavy atom. The summed E-state index contributed by atoms with van der Waals surface area (Å²) >= 11 is 6.48. The molecule has 5 unspecified atom stereocenters. The van der Waals surface area contributed by atoms with E-state index in [1.54, 1.807) is 0 Å². The Morgan fingerprint density at radius 3 is 2.24 bits per heavy atom. The molecular weight excluding hydrogens is 530 g/mol. The quantitative estimate of drug-likeness (QED) is 0.168. The Bertz CT molecular complexity index is 1160. The zero-order valence-electron chi connectivity index (χ0n) is 27.7. The van der Waals surface area contributed by atoms with Crippen LogP contribution >= 0.6 is 11.6 Å².